The molecule has 2 rings (SSSR count). The summed E-state index contributed by atoms with van der Waals surface area (Å²) in [7, 11) is 0. The number of nitrogens with zero attached hydrogens (tertiary/aromatic N) is 1. The van der Waals surface area contributed by atoms with Gasteiger partial charge in [0.25, 0.3) is 5.91 Å². The SMILES string of the molecule is C[C@@H](OC(=O)C1CCN(C(=O)OC(C)(C)C)CC1)C(=O)Nc1ccccc1Cl. The smallest absolute Gasteiger partial charge is 0.410 e. The first-order chi connectivity index (χ1) is 13.1. The maximum absolute atomic E-state index is 12.4. The number of para-hydroxylation sites is 1. The Morgan fingerprint density at radius 3 is 2.36 bits per heavy atom. The molecule has 1 fully saturated rings. The number of amides is 2. The van der Waals surface area contributed by atoms with Crippen molar-refractivity contribution >= 4 is 35.3 Å². The van der Waals surface area contributed by atoms with E-state index in [1.54, 1.807) is 29.2 Å². The Balaban J connectivity index is 1.81. The van der Waals surface area contributed by atoms with Crippen LogP contribution in [-0.4, -0.2) is 47.7 Å². The fourth-order valence-electron chi connectivity index (χ4n) is 2.75. The van der Waals surface area contributed by atoms with Crippen molar-refractivity contribution in [3.05, 3.63) is 29.3 Å². The van der Waals surface area contributed by atoms with Crippen LogP contribution in [0.5, 0.6) is 0 Å². The Morgan fingerprint density at radius 2 is 1.79 bits per heavy atom. The minimum atomic E-state index is -0.951. The number of piperidine rings is 1. The van der Waals surface area contributed by atoms with E-state index >= 15 is 0 Å². The van der Waals surface area contributed by atoms with E-state index in [1.165, 1.54) is 6.92 Å². The van der Waals surface area contributed by atoms with Crippen LogP contribution in [0.1, 0.15) is 40.5 Å². The molecule has 8 heteroatoms. The number of likely N-dealkylation sites (tertiary alicyclic amines) is 1. The van der Waals surface area contributed by atoms with Gasteiger partial charge in [0, 0.05) is 13.1 Å². The lowest BCUT2D eigenvalue weighted by Gasteiger charge is -2.32. The van der Waals surface area contributed by atoms with Crippen LogP contribution in [0.25, 0.3) is 0 Å². The van der Waals surface area contributed by atoms with Gasteiger partial charge in [-0.25, -0.2) is 4.79 Å². The van der Waals surface area contributed by atoms with Gasteiger partial charge in [-0.3, -0.25) is 9.59 Å². The number of rotatable bonds is 4. The molecule has 0 unspecified atom stereocenters. The second-order valence-corrected chi connectivity index (χ2v) is 8.20. The third-order valence-corrected chi connectivity index (χ3v) is 4.60. The highest BCUT2D eigenvalue weighted by Gasteiger charge is 2.32. The number of anilines is 1. The zero-order valence-corrected chi connectivity index (χ0v) is 17.4. The van der Waals surface area contributed by atoms with E-state index in [0.29, 0.717) is 36.6 Å². The van der Waals surface area contributed by atoms with E-state index in [9.17, 15) is 14.4 Å². The number of hydrogen-bond donors (Lipinski definition) is 1. The minimum Gasteiger partial charge on any atom is -0.452 e. The van der Waals surface area contributed by atoms with Gasteiger partial charge in [0.1, 0.15) is 5.60 Å². The molecule has 0 aromatic heterocycles. The normalized spacial score (nSPS) is 16.2. The van der Waals surface area contributed by atoms with Gasteiger partial charge >= 0.3 is 12.1 Å². The lowest BCUT2D eigenvalue weighted by molar-refractivity contribution is -0.158. The molecule has 0 bridgehead atoms. The molecule has 154 valence electrons. The number of hydrogen-bond acceptors (Lipinski definition) is 5. The quantitative estimate of drug-likeness (QED) is 0.762. The van der Waals surface area contributed by atoms with Gasteiger partial charge in [-0.1, -0.05) is 23.7 Å². The summed E-state index contributed by atoms with van der Waals surface area (Å²) in [6.07, 6.45) is -0.395. The van der Waals surface area contributed by atoms with Crippen LogP contribution in [0, 0.1) is 5.92 Å². The van der Waals surface area contributed by atoms with Gasteiger partial charge in [0.2, 0.25) is 0 Å². The van der Waals surface area contributed by atoms with E-state index in [1.807, 2.05) is 20.8 Å². The monoisotopic (exact) mass is 410 g/mol. The summed E-state index contributed by atoms with van der Waals surface area (Å²) in [5, 5.41) is 3.05. The summed E-state index contributed by atoms with van der Waals surface area (Å²) in [4.78, 5) is 38.3. The molecule has 1 aliphatic rings. The predicted molar refractivity (Wildman–Crippen MR) is 106 cm³/mol. The fourth-order valence-corrected chi connectivity index (χ4v) is 2.93. The molecule has 28 heavy (non-hydrogen) atoms. The second-order valence-electron chi connectivity index (χ2n) is 7.79. The van der Waals surface area contributed by atoms with Crippen LogP contribution in [-0.2, 0) is 19.1 Å². The molecule has 0 saturated carbocycles. The van der Waals surface area contributed by atoms with Crippen LogP contribution < -0.4 is 5.32 Å². The Kier molecular flexibility index (Phi) is 7.29. The molecule has 1 aromatic carbocycles. The van der Waals surface area contributed by atoms with Gasteiger partial charge in [0.05, 0.1) is 16.6 Å². The number of esters is 1. The number of ether oxygens (including phenoxy) is 2. The van der Waals surface area contributed by atoms with Gasteiger partial charge in [-0.2, -0.15) is 0 Å². The predicted octanol–water partition coefficient (Wildman–Crippen LogP) is 3.86. The standard InChI is InChI=1S/C20H27ClN2O5/c1-13(17(24)22-16-8-6-5-7-15(16)21)27-18(25)14-9-11-23(12-10-14)19(26)28-20(2,3)4/h5-8,13-14H,9-12H2,1-4H3,(H,22,24)/t13-/m1/s1. The Hall–Kier alpha value is -2.28. The van der Waals surface area contributed by atoms with Crippen LogP contribution >= 0.6 is 11.6 Å². The largest absolute Gasteiger partial charge is 0.452 e. The van der Waals surface area contributed by atoms with Crippen molar-refractivity contribution in [1.82, 2.24) is 4.90 Å². The zero-order chi connectivity index (χ0) is 20.9. The van der Waals surface area contributed by atoms with Gasteiger partial charge in [-0.15, -0.1) is 0 Å². The van der Waals surface area contributed by atoms with Crippen LogP contribution in [0.4, 0.5) is 10.5 Å². The zero-order valence-electron chi connectivity index (χ0n) is 16.7. The van der Waals surface area contributed by atoms with Crippen molar-refractivity contribution in [3.8, 4) is 0 Å². The fraction of sp³-hybridized carbons (Fsp3) is 0.550. The maximum Gasteiger partial charge on any atom is 0.410 e. The summed E-state index contributed by atoms with van der Waals surface area (Å²) < 4.78 is 10.7. The van der Waals surface area contributed by atoms with Crippen molar-refractivity contribution in [3.63, 3.8) is 0 Å². The van der Waals surface area contributed by atoms with Crippen molar-refractivity contribution < 1.29 is 23.9 Å². The van der Waals surface area contributed by atoms with Crippen LogP contribution in [0.3, 0.4) is 0 Å². The molecule has 1 aliphatic heterocycles. The molecular weight excluding hydrogens is 384 g/mol. The third-order valence-electron chi connectivity index (χ3n) is 4.27. The number of nitrogens with one attached hydrogen (secondary N) is 1. The molecule has 1 aromatic rings. The maximum atomic E-state index is 12.4. The molecule has 2 amide bonds. The Morgan fingerprint density at radius 1 is 1.18 bits per heavy atom. The summed E-state index contributed by atoms with van der Waals surface area (Å²) in [6.45, 7) is 7.77. The average molecular weight is 411 g/mol. The number of halogens is 1. The Labute approximate surface area is 170 Å². The topological polar surface area (TPSA) is 84.9 Å². The van der Waals surface area contributed by atoms with E-state index in [-0.39, 0.29) is 12.0 Å². The van der Waals surface area contributed by atoms with Gasteiger partial charge in [-0.05, 0) is 52.7 Å². The van der Waals surface area contributed by atoms with Crippen LogP contribution in [0.15, 0.2) is 24.3 Å². The second kappa shape index (κ2) is 9.28. The van der Waals surface area contributed by atoms with Crippen LogP contribution in [0.2, 0.25) is 5.02 Å². The molecule has 1 atom stereocenters. The highest BCUT2D eigenvalue weighted by atomic mass is 35.5. The lowest BCUT2D eigenvalue weighted by atomic mass is 9.97. The summed E-state index contributed by atoms with van der Waals surface area (Å²) in [6, 6.07) is 6.83. The molecule has 0 spiro atoms. The first-order valence-corrected chi connectivity index (χ1v) is 9.68. The van der Waals surface area contributed by atoms with E-state index in [4.69, 9.17) is 21.1 Å². The average Bonchev–Trinajstić information content (AvgIpc) is 2.62. The first-order valence-electron chi connectivity index (χ1n) is 9.30. The molecule has 0 aliphatic carbocycles. The van der Waals surface area contributed by atoms with Crippen molar-refractivity contribution in [2.75, 3.05) is 18.4 Å². The van der Waals surface area contributed by atoms with Crippen molar-refractivity contribution in [1.29, 1.82) is 0 Å². The molecule has 7 nitrogen and oxygen atoms in total. The first kappa shape index (κ1) is 22.0. The van der Waals surface area contributed by atoms with Crippen molar-refractivity contribution in [2.24, 2.45) is 5.92 Å². The summed E-state index contributed by atoms with van der Waals surface area (Å²) in [5.41, 5.74) is -0.0974. The molecule has 1 saturated heterocycles. The number of carbonyl (C=O) groups excluding carboxylic acids is 3. The molecule has 1 N–H and O–H groups in total. The number of benzene rings is 1. The highest BCUT2D eigenvalue weighted by molar-refractivity contribution is 6.33. The van der Waals surface area contributed by atoms with E-state index < -0.39 is 23.6 Å². The lowest BCUT2D eigenvalue weighted by Crippen LogP contribution is -2.43. The van der Waals surface area contributed by atoms with E-state index in [0.717, 1.165) is 0 Å². The van der Waals surface area contributed by atoms with Gasteiger partial charge in [0.15, 0.2) is 6.10 Å². The van der Waals surface area contributed by atoms with E-state index in [2.05, 4.69) is 5.32 Å². The van der Waals surface area contributed by atoms with Crippen molar-refractivity contribution in [2.45, 2.75) is 52.2 Å². The number of carbonyl (C=O) groups is 3. The molecular formula is C20H27ClN2O5. The highest BCUT2D eigenvalue weighted by Crippen LogP contribution is 2.23. The summed E-state index contributed by atoms with van der Waals surface area (Å²) in [5.74, 6) is -1.24. The molecule has 0 radical (unpaired) electrons. The third kappa shape index (κ3) is 6.41. The van der Waals surface area contributed by atoms with Gasteiger partial charge < -0.3 is 19.7 Å². The minimum absolute atomic E-state index is 0.353. The Bertz CT molecular complexity index is 724. The molecule has 1 heterocycles. The summed E-state index contributed by atoms with van der Waals surface area (Å²) >= 11 is 6.01.